The van der Waals surface area contributed by atoms with E-state index in [1.165, 1.54) is 18.1 Å². The fourth-order valence-corrected chi connectivity index (χ4v) is 2.93. The largest absolute Gasteiger partial charge is 0.497 e. The Morgan fingerprint density at radius 2 is 2.12 bits per heavy atom. The second-order valence-corrected chi connectivity index (χ2v) is 6.36. The van der Waals surface area contributed by atoms with E-state index in [0.717, 1.165) is 0 Å². The minimum atomic E-state index is -0.627. The van der Waals surface area contributed by atoms with E-state index >= 15 is 0 Å². The lowest BCUT2D eigenvalue weighted by molar-refractivity contribution is -0.137. The van der Waals surface area contributed by atoms with E-state index in [0.29, 0.717) is 29.6 Å². The number of primary amides is 1. The molecule has 24 heavy (non-hydrogen) atoms. The highest BCUT2D eigenvalue weighted by Gasteiger charge is 2.27. The Morgan fingerprint density at radius 3 is 2.79 bits per heavy atom. The van der Waals surface area contributed by atoms with E-state index in [1.54, 1.807) is 12.1 Å². The van der Waals surface area contributed by atoms with Gasteiger partial charge in [0.05, 0.1) is 18.6 Å². The van der Waals surface area contributed by atoms with Gasteiger partial charge in [-0.25, -0.2) is 4.79 Å². The van der Waals surface area contributed by atoms with Crippen molar-refractivity contribution in [2.45, 2.75) is 12.8 Å². The van der Waals surface area contributed by atoms with Crippen LogP contribution in [0.25, 0.3) is 0 Å². The number of piperidine rings is 1. The summed E-state index contributed by atoms with van der Waals surface area (Å²) in [6.07, 6.45) is 1.38. The molecule has 1 saturated heterocycles. The number of hydrogen-bond acceptors (Lipinski definition) is 5. The Morgan fingerprint density at radius 1 is 1.38 bits per heavy atom. The summed E-state index contributed by atoms with van der Waals surface area (Å²) in [5, 5.41) is 0. The summed E-state index contributed by atoms with van der Waals surface area (Å²) in [5.74, 6) is -1.21. The minimum absolute atomic E-state index is 0.272. The molecule has 2 rings (SSSR count). The van der Waals surface area contributed by atoms with Crippen LogP contribution in [0.3, 0.4) is 0 Å². The molecule has 8 heteroatoms. The summed E-state index contributed by atoms with van der Waals surface area (Å²) < 4.78 is 10.7. The van der Waals surface area contributed by atoms with Gasteiger partial charge in [0, 0.05) is 17.6 Å². The van der Waals surface area contributed by atoms with E-state index < -0.39 is 11.9 Å². The van der Waals surface area contributed by atoms with Gasteiger partial charge in [-0.05, 0) is 47.0 Å². The molecule has 7 nitrogen and oxygen atoms in total. The fourth-order valence-electron chi connectivity index (χ4n) is 2.52. The number of carbonyl (C=O) groups excluding carboxylic acids is 3. The van der Waals surface area contributed by atoms with Crippen LogP contribution in [0, 0.1) is 5.92 Å². The average Bonchev–Trinajstić information content (AvgIpc) is 2.59. The van der Waals surface area contributed by atoms with Crippen molar-refractivity contribution in [3.05, 3.63) is 28.2 Å². The third kappa shape index (κ3) is 4.47. The van der Waals surface area contributed by atoms with Crippen LogP contribution in [0.5, 0.6) is 5.75 Å². The Bertz CT molecular complexity index is 649. The summed E-state index contributed by atoms with van der Waals surface area (Å²) >= 11 is 3.26. The third-order valence-electron chi connectivity index (χ3n) is 3.90. The molecule has 0 aliphatic carbocycles. The highest BCUT2D eigenvalue weighted by Crippen LogP contribution is 2.23. The van der Waals surface area contributed by atoms with Gasteiger partial charge in [0.2, 0.25) is 5.91 Å². The van der Waals surface area contributed by atoms with Crippen LogP contribution in [-0.2, 0) is 14.3 Å². The number of nitrogens with zero attached hydrogens (tertiary/aromatic N) is 1. The molecule has 0 radical (unpaired) electrons. The highest BCUT2D eigenvalue weighted by atomic mass is 79.9. The zero-order chi connectivity index (χ0) is 17.7. The standard InChI is InChI=1S/C16H19BrN2O5/c1-23-11-4-5-13(17)12(7-11)16(22)24-9-14(20)19-6-2-3-10(8-19)15(18)21/h4-5,7,10H,2-3,6,8-9H2,1H3,(H2,18,21)/t10-/m0/s1. The number of methoxy groups -OCH3 is 1. The quantitative estimate of drug-likeness (QED) is 0.754. The van der Waals surface area contributed by atoms with Crippen molar-refractivity contribution in [1.29, 1.82) is 0 Å². The van der Waals surface area contributed by atoms with Crippen molar-refractivity contribution in [2.75, 3.05) is 26.8 Å². The molecule has 1 atom stereocenters. The van der Waals surface area contributed by atoms with Crippen molar-refractivity contribution in [1.82, 2.24) is 4.90 Å². The molecule has 0 saturated carbocycles. The second kappa shape index (κ2) is 8.14. The van der Waals surface area contributed by atoms with Crippen molar-refractivity contribution < 1.29 is 23.9 Å². The number of halogens is 1. The van der Waals surface area contributed by atoms with Gasteiger partial charge in [-0.1, -0.05) is 0 Å². The van der Waals surface area contributed by atoms with Crippen molar-refractivity contribution >= 4 is 33.7 Å². The van der Waals surface area contributed by atoms with E-state index in [4.69, 9.17) is 15.2 Å². The first kappa shape index (κ1) is 18.3. The van der Waals surface area contributed by atoms with Crippen LogP contribution in [-0.4, -0.2) is 49.5 Å². The first-order chi connectivity index (χ1) is 11.4. The van der Waals surface area contributed by atoms with E-state index in [2.05, 4.69) is 15.9 Å². The molecular formula is C16H19BrN2O5. The predicted octanol–water partition coefficient (Wildman–Crippen LogP) is 1.34. The lowest BCUT2D eigenvalue weighted by atomic mass is 9.97. The van der Waals surface area contributed by atoms with E-state index in [9.17, 15) is 14.4 Å². The van der Waals surface area contributed by atoms with Crippen molar-refractivity contribution in [3.8, 4) is 5.75 Å². The molecule has 1 aromatic rings. The van der Waals surface area contributed by atoms with Crippen LogP contribution < -0.4 is 10.5 Å². The van der Waals surface area contributed by atoms with Gasteiger partial charge in [0.1, 0.15) is 5.75 Å². The van der Waals surface area contributed by atoms with Crippen LogP contribution in [0.1, 0.15) is 23.2 Å². The predicted molar refractivity (Wildman–Crippen MR) is 89.5 cm³/mol. The third-order valence-corrected chi connectivity index (χ3v) is 4.59. The second-order valence-electron chi connectivity index (χ2n) is 5.50. The number of nitrogens with two attached hydrogens (primary N) is 1. The maximum Gasteiger partial charge on any atom is 0.339 e. The van der Waals surface area contributed by atoms with Crippen LogP contribution in [0.2, 0.25) is 0 Å². The number of amides is 2. The van der Waals surface area contributed by atoms with Crippen LogP contribution >= 0.6 is 15.9 Å². The van der Waals surface area contributed by atoms with Crippen LogP contribution in [0.15, 0.2) is 22.7 Å². The number of hydrogen-bond donors (Lipinski definition) is 1. The molecule has 0 unspecified atom stereocenters. The van der Waals surface area contributed by atoms with Gasteiger partial charge in [-0.2, -0.15) is 0 Å². The summed E-state index contributed by atoms with van der Waals surface area (Å²) in [4.78, 5) is 37.1. The number of carbonyl (C=O) groups is 3. The summed E-state index contributed by atoms with van der Waals surface area (Å²) in [5.41, 5.74) is 5.57. The maximum atomic E-state index is 12.2. The lowest BCUT2D eigenvalue weighted by Crippen LogP contribution is -2.45. The molecule has 0 aromatic heterocycles. The summed E-state index contributed by atoms with van der Waals surface area (Å²) in [6.45, 7) is 0.422. The Hall–Kier alpha value is -2.09. The van der Waals surface area contributed by atoms with Crippen molar-refractivity contribution in [3.63, 3.8) is 0 Å². The zero-order valence-electron chi connectivity index (χ0n) is 13.3. The topological polar surface area (TPSA) is 98.9 Å². The maximum absolute atomic E-state index is 12.2. The molecule has 2 N–H and O–H groups in total. The Kier molecular flexibility index (Phi) is 6.19. The lowest BCUT2D eigenvalue weighted by Gasteiger charge is -2.31. The molecule has 1 heterocycles. The minimum Gasteiger partial charge on any atom is -0.497 e. The van der Waals surface area contributed by atoms with Gasteiger partial charge >= 0.3 is 5.97 Å². The molecule has 1 aliphatic heterocycles. The summed E-state index contributed by atoms with van der Waals surface area (Å²) in [7, 11) is 1.49. The molecule has 2 amide bonds. The van der Waals surface area contributed by atoms with E-state index in [-0.39, 0.29) is 30.5 Å². The number of likely N-dealkylation sites (tertiary alicyclic amines) is 1. The van der Waals surface area contributed by atoms with Gasteiger partial charge < -0.3 is 20.1 Å². The zero-order valence-corrected chi connectivity index (χ0v) is 14.9. The van der Waals surface area contributed by atoms with Gasteiger partial charge in [0.15, 0.2) is 6.61 Å². The normalized spacial score (nSPS) is 17.2. The number of benzene rings is 1. The summed E-state index contributed by atoms with van der Waals surface area (Å²) in [6, 6.07) is 4.89. The van der Waals surface area contributed by atoms with Gasteiger partial charge in [-0.15, -0.1) is 0 Å². The molecular weight excluding hydrogens is 380 g/mol. The average molecular weight is 399 g/mol. The molecule has 1 aliphatic rings. The number of ether oxygens (including phenoxy) is 2. The Labute approximate surface area is 148 Å². The molecule has 1 fully saturated rings. The molecule has 1 aromatic carbocycles. The van der Waals surface area contributed by atoms with Gasteiger partial charge in [-0.3, -0.25) is 9.59 Å². The molecule has 130 valence electrons. The fraction of sp³-hybridized carbons (Fsp3) is 0.438. The number of rotatable bonds is 5. The SMILES string of the molecule is COc1ccc(Br)c(C(=O)OCC(=O)N2CCC[C@H](C(N)=O)C2)c1. The van der Waals surface area contributed by atoms with Gasteiger partial charge in [0.25, 0.3) is 5.91 Å². The van der Waals surface area contributed by atoms with Crippen LogP contribution in [0.4, 0.5) is 0 Å². The number of esters is 1. The monoisotopic (exact) mass is 398 g/mol. The molecule has 0 spiro atoms. The Balaban J connectivity index is 1.94. The van der Waals surface area contributed by atoms with E-state index in [1.807, 2.05) is 0 Å². The first-order valence-corrected chi connectivity index (χ1v) is 8.29. The highest BCUT2D eigenvalue weighted by molar-refractivity contribution is 9.10. The first-order valence-electron chi connectivity index (χ1n) is 7.50. The molecule has 0 bridgehead atoms. The smallest absolute Gasteiger partial charge is 0.339 e. The van der Waals surface area contributed by atoms with Crippen molar-refractivity contribution in [2.24, 2.45) is 11.7 Å².